The lowest BCUT2D eigenvalue weighted by Crippen LogP contribution is -2.49. The van der Waals surface area contributed by atoms with E-state index < -0.39 is 10.0 Å². The van der Waals surface area contributed by atoms with E-state index in [0.29, 0.717) is 36.5 Å². The van der Waals surface area contributed by atoms with Crippen molar-refractivity contribution in [2.45, 2.75) is 62.4 Å². The number of aryl methyl sites for hydroxylation is 1. The normalized spacial score (nSPS) is 18.4. The topological polar surface area (TPSA) is 75.5 Å². The third-order valence-corrected chi connectivity index (χ3v) is 8.07. The highest BCUT2D eigenvalue weighted by Crippen LogP contribution is 2.36. The van der Waals surface area contributed by atoms with E-state index in [1.54, 1.807) is 40.3 Å². The third-order valence-electron chi connectivity index (χ3n) is 6.05. The maximum atomic E-state index is 13.3. The van der Waals surface area contributed by atoms with Crippen molar-refractivity contribution in [1.29, 1.82) is 0 Å². The van der Waals surface area contributed by atoms with Crippen LogP contribution in [-0.4, -0.2) is 58.5 Å². The summed E-state index contributed by atoms with van der Waals surface area (Å²) >= 11 is 0. The van der Waals surface area contributed by atoms with Crippen LogP contribution in [0.15, 0.2) is 41.3 Å². The largest absolute Gasteiger partial charge is 0.337 e. The zero-order valence-corrected chi connectivity index (χ0v) is 18.7. The first-order valence-corrected chi connectivity index (χ1v) is 12.1. The first kappa shape index (κ1) is 21.1. The molecular formula is C22H30N4O3S. The average molecular weight is 431 g/mol. The molecule has 7 nitrogen and oxygen atoms in total. The summed E-state index contributed by atoms with van der Waals surface area (Å²) in [6, 6.07) is 10.6. The second kappa shape index (κ2) is 8.15. The van der Waals surface area contributed by atoms with Gasteiger partial charge in [-0.05, 0) is 49.8 Å². The highest BCUT2D eigenvalue weighted by Gasteiger charge is 2.43. The van der Waals surface area contributed by atoms with Gasteiger partial charge in [0.25, 0.3) is 5.91 Å². The van der Waals surface area contributed by atoms with Crippen molar-refractivity contribution in [2.75, 3.05) is 13.1 Å². The zero-order chi connectivity index (χ0) is 21.5. The Morgan fingerprint density at radius 1 is 1.07 bits per heavy atom. The van der Waals surface area contributed by atoms with Gasteiger partial charge in [-0.15, -0.1) is 0 Å². The van der Waals surface area contributed by atoms with Crippen LogP contribution in [0.3, 0.4) is 0 Å². The van der Waals surface area contributed by atoms with Gasteiger partial charge in [0.2, 0.25) is 10.0 Å². The molecule has 1 saturated carbocycles. The predicted octanol–water partition coefficient (Wildman–Crippen LogP) is 3.00. The van der Waals surface area contributed by atoms with Gasteiger partial charge in [0.1, 0.15) is 5.69 Å². The fourth-order valence-electron chi connectivity index (χ4n) is 4.19. The summed E-state index contributed by atoms with van der Waals surface area (Å²) in [6.07, 6.45) is 3.14. The Hall–Kier alpha value is -2.19. The summed E-state index contributed by atoms with van der Waals surface area (Å²) in [5, 5.41) is 4.45. The highest BCUT2D eigenvalue weighted by molar-refractivity contribution is 7.89. The first-order chi connectivity index (χ1) is 14.3. The van der Waals surface area contributed by atoms with Crippen molar-refractivity contribution in [3.8, 4) is 0 Å². The van der Waals surface area contributed by atoms with Crippen molar-refractivity contribution in [3.63, 3.8) is 0 Å². The minimum absolute atomic E-state index is 0.0285. The number of carbonyl (C=O) groups excluding carboxylic acids is 1. The number of benzene rings is 1. The third kappa shape index (κ3) is 4.03. The van der Waals surface area contributed by atoms with Crippen molar-refractivity contribution in [2.24, 2.45) is 7.05 Å². The Kier molecular flexibility index (Phi) is 5.72. The Bertz CT molecular complexity index is 1000. The van der Waals surface area contributed by atoms with E-state index in [1.807, 2.05) is 17.0 Å². The molecule has 0 bridgehead atoms. The van der Waals surface area contributed by atoms with Gasteiger partial charge >= 0.3 is 0 Å². The Balaban J connectivity index is 1.47. The molecule has 2 aliphatic rings. The van der Waals surface area contributed by atoms with Crippen LogP contribution in [0, 0.1) is 0 Å². The lowest BCUT2D eigenvalue weighted by atomic mass is 10.0. The predicted molar refractivity (Wildman–Crippen MR) is 115 cm³/mol. The van der Waals surface area contributed by atoms with Crippen LogP contribution >= 0.6 is 0 Å². The number of sulfonamides is 1. The number of hydrogen-bond acceptors (Lipinski definition) is 4. The molecule has 0 atom stereocenters. The lowest BCUT2D eigenvalue weighted by molar-refractivity contribution is 0.0665. The number of carbonyl (C=O) groups is 1. The maximum Gasteiger partial charge on any atom is 0.272 e. The van der Waals surface area contributed by atoms with Gasteiger partial charge in [-0.1, -0.05) is 32.0 Å². The zero-order valence-electron chi connectivity index (χ0n) is 17.9. The van der Waals surface area contributed by atoms with Crippen LogP contribution < -0.4 is 0 Å². The smallest absolute Gasteiger partial charge is 0.272 e. The van der Waals surface area contributed by atoms with E-state index in [9.17, 15) is 13.2 Å². The van der Waals surface area contributed by atoms with E-state index in [4.69, 9.17) is 0 Å². The molecule has 0 unspecified atom stereocenters. The summed E-state index contributed by atoms with van der Waals surface area (Å²) in [7, 11) is -1.73. The van der Waals surface area contributed by atoms with E-state index in [-0.39, 0.29) is 23.9 Å². The minimum Gasteiger partial charge on any atom is -0.337 e. The van der Waals surface area contributed by atoms with Crippen LogP contribution in [-0.2, 0) is 17.1 Å². The van der Waals surface area contributed by atoms with Gasteiger partial charge in [0.05, 0.1) is 10.6 Å². The summed E-state index contributed by atoms with van der Waals surface area (Å²) in [5.74, 6) is 0.234. The number of likely N-dealkylation sites (tertiary alicyclic amines) is 1. The molecule has 1 saturated heterocycles. The van der Waals surface area contributed by atoms with Crippen molar-refractivity contribution in [3.05, 3.63) is 47.8 Å². The molecule has 1 aliphatic heterocycles. The fraction of sp³-hybridized carbons (Fsp3) is 0.545. The SMILES string of the molecule is CC(C)c1cc(C(=O)N2CCC(N(C3CC3)S(=O)(=O)c3ccccc3)CC2)n(C)n1. The van der Waals surface area contributed by atoms with Crippen molar-refractivity contribution in [1.82, 2.24) is 19.0 Å². The monoisotopic (exact) mass is 430 g/mol. The van der Waals surface area contributed by atoms with Crippen LogP contribution in [0.2, 0.25) is 0 Å². The summed E-state index contributed by atoms with van der Waals surface area (Å²) < 4.78 is 30.0. The van der Waals surface area contributed by atoms with Crippen LogP contribution in [0.1, 0.15) is 61.6 Å². The molecule has 162 valence electrons. The highest BCUT2D eigenvalue weighted by atomic mass is 32.2. The molecule has 0 radical (unpaired) electrons. The molecule has 8 heteroatoms. The quantitative estimate of drug-likeness (QED) is 0.706. The molecule has 30 heavy (non-hydrogen) atoms. The molecule has 2 fully saturated rings. The lowest BCUT2D eigenvalue weighted by Gasteiger charge is -2.38. The number of aromatic nitrogens is 2. The molecule has 1 amide bonds. The standard InChI is InChI=1S/C22H30N4O3S/c1-16(2)20-15-21(24(3)23-20)22(27)25-13-11-18(12-14-25)26(17-9-10-17)30(28,29)19-7-5-4-6-8-19/h4-8,15-18H,9-14H2,1-3H3. The van der Waals surface area contributed by atoms with E-state index in [2.05, 4.69) is 18.9 Å². The molecule has 4 rings (SSSR count). The summed E-state index contributed by atoms with van der Waals surface area (Å²) in [5.41, 5.74) is 1.50. The molecule has 0 spiro atoms. The molecule has 1 aliphatic carbocycles. The van der Waals surface area contributed by atoms with E-state index in [1.165, 1.54) is 0 Å². The number of rotatable bonds is 6. The van der Waals surface area contributed by atoms with Gasteiger partial charge < -0.3 is 4.90 Å². The van der Waals surface area contributed by atoms with Crippen LogP contribution in [0.5, 0.6) is 0 Å². The molecular weight excluding hydrogens is 400 g/mol. The van der Waals surface area contributed by atoms with Gasteiger partial charge in [0.15, 0.2) is 0 Å². The van der Waals surface area contributed by atoms with E-state index >= 15 is 0 Å². The maximum absolute atomic E-state index is 13.3. The van der Waals surface area contributed by atoms with Crippen molar-refractivity contribution < 1.29 is 13.2 Å². The number of nitrogens with zero attached hydrogens (tertiary/aromatic N) is 4. The van der Waals surface area contributed by atoms with Crippen LogP contribution in [0.4, 0.5) is 0 Å². The fourth-order valence-corrected chi connectivity index (χ4v) is 6.14. The Labute approximate surface area is 178 Å². The molecule has 0 N–H and O–H groups in total. The Morgan fingerprint density at radius 2 is 1.67 bits per heavy atom. The van der Waals surface area contributed by atoms with Gasteiger partial charge in [-0.25, -0.2) is 8.42 Å². The second-order valence-electron chi connectivity index (χ2n) is 8.64. The van der Waals surface area contributed by atoms with Gasteiger partial charge in [-0.2, -0.15) is 9.40 Å². The summed E-state index contributed by atoms with van der Waals surface area (Å²) in [6.45, 7) is 5.22. The number of hydrogen-bond donors (Lipinski definition) is 0. The van der Waals surface area contributed by atoms with Crippen molar-refractivity contribution >= 4 is 15.9 Å². The second-order valence-corrected chi connectivity index (χ2v) is 10.5. The number of amides is 1. The van der Waals surface area contributed by atoms with Gasteiger partial charge in [0, 0.05) is 32.2 Å². The van der Waals surface area contributed by atoms with Crippen LogP contribution in [0.25, 0.3) is 0 Å². The molecule has 2 heterocycles. The Morgan fingerprint density at radius 3 is 2.20 bits per heavy atom. The number of piperidine rings is 1. The molecule has 1 aromatic carbocycles. The van der Waals surface area contributed by atoms with E-state index in [0.717, 1.165) is 18.5 Å². The first-order valence-electron chi connectivity index (χ1n) is 10.7. The molecule has 1 aromatic heterocycles. The van der Waals surface area contributed by atoms with Gasteiger partial charge in [-0.3, -0.25) is 9.48 Å². The molecule has 2 aromatic rings. The summed E-state index contributed by atoms with van der Waals surface area (Å²) in [4.78, 5) is 15.2. The minimum atomic E-state index is -3.52. The average Bonchev–Trinajstić information content (AvgIpc) is 3.48.